The summed E-state index contributed by atoms with van der Waals surface area (Å²) in [6, 6.07) is 9.86. The molecule has 1 aliphatic rings. The minimum absolute atomic E-state index is 0.196. The third kappa shape index (κ3) is 3.01. The molecule has 3 rings (SSSR count). The van der Waals surface area contributed by atoms with E-state index in [1.54, 1.807) is 13.3 Å². The second-order valence-corrected chi connectivity index (χ2v) is 6.00. The lowest BCUT2D eigenvalue weighted by molar-refractivity contribution is 0.0109. The van der Waals surface area contributed by atoms with E-state index in [9.17, 15) is 0 Å². The predicted octanol–water partition coefficient (Wildman–Crippen LogP) is 2.67. The molecule has 0 atom stereocenters. The largest absolute Gasteiger partial charge is 0.496 e. The molecule has 2 aromatic rings. The smallest absolute Gasteiger partial charge is 0.495 e. The van der Waals surface area contributed by atoms with Gasteiger partial charge in [-0.3, -0.25) is 4.98 Å². The van der Waals surface area contributed by atoms with Gasteiger partial charge in [0.15, 0.2) is 0 Å². The van der Waals surface area contributed by atoms with Gasteiger partial charge in [0.1, 0.15) is 5.75 Å². The van der Waals surface area contributed by atoms with E-state index in [2.05, 4.69) is 18.8 Å². The maximum absolute atomic E-state index is 6.12. The first-order chi connectivity index (χ1) is 10.6. The summed E-state index contributed by atoms with van der Waals surface area (Å²) in [4.78, 5) is 4.21. The van der Waals surface area contributed by atoms with Crippen molar-refractivity contribution in [2.45, 2.75) is 25.9 Å². The van der Waals surface area contributed by atoms with E-state index in [0.717, 1.165) is 28.8 Å². The SMILES string of the molecule is COc1cccc(B2OCCC(C)(C)O2)c1-c1cccnc1. The molecular weight excluding hydrogens is 277 g/mol. The summed E-state index contributed by atoms with van der Waals surface area (Å²) in [5, 5.41) is 0. The van der Waals surface area contributed by atoms with Crippen LogP contribution >= 0.6 is 0 Å². The van der Waals surface area contributed by atoms with E-state index in [0.29, 0.717) is 6.61 Å². The molecule has 0 amide bonds. The van der Waals surface area contributed by atoms with Gasteiger partial charge in [0.05, 0.1) is 12.7 Å². The van der Waals surface area contributed by atoms with Crippen molar-refractivity contribution in [3.05, 3.63) is 42.7 Å². The van der Waals surface area contributed by atoms with Crippen LogP contribution in [-0.4, -0.2) is 31.4 Å². The quantitative estimate of drug-likeness (QED) is 0.817. The monoisotopic (exact) mass is 297 g/mol. The number of hydrogen-bond acceptors (Lipinski definition) is 4. The summed E-state index contributed by atoms with van der Waals surface area (Å²) >= 11 is 0. The van der Waals surface area contributed by atoms with Crippen LogP contribution in [0.1, 0.15) is 20.3 Å². The van der Waals surface area contributed by atoms with Gasteiger partial charge in [-0.05, 0) is 37.9 Å². The van der Waals surface area contributed by atoms with Gasteiger partial charge < -0.3 is 14.0 Å². The molecule has 0 bridgehead atoms. The van der Waals surface area contributed by atoms with E-state index in [1.165, 1.54) is 0 Å². The molecule has 1 fully saturated rings. The van der Waals surface area contributed by atoms with Gasteiger partial charge in [0, 0.05) is 30.1 Å². The molecule has 0 spiro atoms. The van der Waals surface area contributed by atoms with Gasteiger partial charge in [0.25, 0.3) is 0 Å². The average molecular weight is 297 g/mol. The maximum Gasteiger partial charge on any atom is 0.495 e. The predicted molar refractivity (Wildman–Crippen MR) is 87.3 cm³/mol. The summed E-state index contributed by atoms with van der Waals surface area (Å²) < 4.78 is 17.5. The van der Waals surface area contributed by atoms with Crippen molar-refractivity contribution in [1.82, 2.24) is 4.98 Å². The molecule has 1 aromatic carbocycles. The van der Waals surface area contributed by atoms with E-state index in [4.69, 9.17) is 14.0 Å². The summed E-state index contributed by atoms with van der Waals surface area (Å²) in [5.74, 6) is 0.793. The molecule has 0 aliphatic carbocycles. The molecule has 0 N–H and O–H groups in total. The Balaban J connectivity index is 2.08. The zero-order valence-corrected chi connectivity index (χ0v) is 13.2. The van der Waals surface area contributed by atoms with E-state index < -0.39 is 7.12 Å². The Labute approximate surface area is 131 Å². The Bertz CT molecular complexity index is 646. The number of ether oxygens (including phenoxy) is 1. The molecule has 0 unspecified atom stereocenters. The Kier molecular flexibility index (Phi) is 4.18. The summed E-state index contributed by atoms with van der Waals surface area (Å²) in [6.07, 6.45) is 4.47. The Morgan fingerprint density at radius 3 is 2.77 bits per heavy atom. The summed E-state index contributed by atoms with van der Waals surface area (Å²) in [7, 11) is 1.28. The number of pyridine rings is 1. The van der Waals surface area contributed by atoms with E-state index >= 15 is 0 Å². The second kappa shape index (κ2) is 6.11. The fourth-order valence-corrected chi connectivity index (χ4v) is 2.68. The lowest BCUT2D eigenvalue weighted by Gasteiger charge is -2.35. The van der Waals surface area contributed by atoms with Crippen LogP contribution in [0.5, 0.6) is 5.75 Å². The zero-order chi connectivity index (χ0) is 15.6. The van der Waals surface area contributed by atoms with E-state index in [-0.39, 0.29) is 5.60 Å². The fourth-order valence-electron chi connectivity index (χ4n) is 2.68. The number of methoxy groups -OCH3 is 1. The van der Waals surface area contributed by atoms with E-state index in [1.807, 2.05) is 36.5 Å². The van der Waals surface area contributed by atoms with Gasteiger partial charge in [-0.15, -0.1) is 0 Å². The number of rotatable bonds is 3. The van der Waals surface area contributed by atoms with Crippen molar-refractivity contribution in [2.24, 2.45) is 0 Å². The minimum atomic E-state index is -0.394. The molecule has 1 aliphatic heterocycles. The lowest BCUT2D eigenvalue weighted by atomic mass is 9.72. The third-order valence-electron chi connectivity index (χ3n) is 3.88. The van der Waals surface area contributed by atoms with Crippen molar-refractivity contribution in [2.75, 3.05) is 13.7 Å². The molecule has 0 saturated carbocycles. The highest BCUT2D eigenvalue weighted by Crippen LogP contribution is 2.30. The van der Waals surface area contributed by atoms with Crippen molar-refractivity contribution >= 4 is 12.6 Å². The minimum Gasteiger partial charge on any atom is -0.496 e. The van der Waals surface area contributed by atoms with Crippen LogP contribution in [0.2, 0.25) is 0 Å². The maximum atomic E-state index is 6.12. The van der Waals surface area contributed by atoms with Crippen LogP contribution in [0.3, 0.4) is 0 Å². The number of hydrogen-bond donors (Lipinski definition) is 0. The Morgan fingerprint density at radius 1 is 1.23 bits per heavy atom. The van der Waals surface area contributed by atoms with Crippen molar-refractivity contribution in [3.63, 3.8) is 0 Å². The first kappa shape index (κ1) is 15.1. The standard InChI is InChI=1S/C17H20BNO3/c1-17(2)9-11-21-18(22-17)14-7-4-8-15(20-3)16(14)13-6-5-10-19-12-13/h4-8,10,12H,9,11H2,1-3H3. The van der Waals surface area contributed by atoms with Gasteiger partial charge >= 0.3 is 7.12 Å². The normalized spacial score (nSPS) is 17.3. The van der Waals surface area contributed by atoms with Crippen LogP contribution in [0, 0.1) is 0 Å². The fraction of sp³-hybridized carbons (Fsp3) is 0.353. The molecule has 2 heterocycles. The second-order valence-electron chi connectivity index (χ2n) is 6.00. The number of nitrogens with zero attached hydrogens (tertiary/aromatic N) is 1. The van der Waals surface area contributed by atoms with Gasteiger partial charge in [0.2, 0.25) is 0 Å². The van der Waals surface area contributed by atoms with Crippen molar-refractivity contribution in [3.8, 4) is 16.9 Å². The zero-order valence-electron chi connectivity index (χ0n) is 13.2. The van der Waals surface area contributed by atoms with Crippen molar-refractivity contribution < 1.29 is 14.0 Å². The molecule has 5 heteroatoms. The van der Waals surface area contributed by atoms with Crippen LogP contribution in [0.15, 0.2) is 42.7 Å². The summed E-state index contributed by atoms with van der Waals surface area (Å²) in [5.41, 5.74) is 2.74. The topological polar surface area (TPSA) is 40.6 Å². The highest BCUT2D eigenvalue weighted by molar-refractivity contribution is 6.63. The van der Waals surface area contributed by atoms with Crippen LogP contribution in [0.25, 0.3) is 11.1 Å². The molecule has 22 heavy (non-hydrogen) atoms. The molecule has 1 aromatic heterocycles. The van der Waals surface area contributed by atoms with Crippen LogP contribution < -0.4 is 10.2 Å². The number of benzene rings is 1. The number of aromatic nitrogens is 1. The first-order valence-corrected chi connectivity index (χ1v) is 7.47. The highest BCUT2D eigenvalue weighted by atomic mass is 16.6. The van der Waals surface area contributed by atoms with Crippen LogP contribution in [0.4, 0.5) is 0 Å². The van der Waals surface area contributed by atoms with Gasteiger partial charge in [-0.25, -0.2) is 0 Å². The van der Waals surface area contributed by atoms with Crippen molar-refractivity contribution in [1.29, 1.82) is 0 Å². The molecule has 114 valence electrons. The van der Waals surface area contributed by atoms with Gasteiger partial charge in [-0.1, -0.05) is 18.2 Å². The van der Waals surface area contributed by atoms with Crippen LogP contribution in [-0.2, 0) is 9.31 Å². The summed E-state index contributed by atoms with van der Waals surface area (Å²) in [6.45, 7) is 4.86. The molecule has 0 radical (unpaired) electrons. The molecule has 4 nitrogen and oxygen atoms in total. The Morgan fingerprint density at radius 2 is 2.09 bits per heavy atom. The van der Waals surface area contributed by atoms with Gasteiger partial charge in [-0.2, -0.15) is 0 Å². The third-order valence-corrected chi connectivity index (χ3v) is 3.88. The lowest BCUT2D eigenvalue weighted by Crippen LogP contribution is -2.49. The Hall–Kier alpha value is -1.85. The molecule has 1 saturated heterocycles. The average Bonchev–Trinajstić information content (AvgIpc) is 2.54. The highest BCUT2D eigenvalue weighted by Gasteiger charge is 2.36. The first-order valence-electron chi connectivity index (χ1n) is 7.47. The molecular formula is C17H20BNO3.